The van der Waals surface area contributed by atoms with Crippen molar-refractivity contribution in [2.75, 3.05) is 41.0 Å². The van der Waals surface area contributed by atoms with E-state index < -0.39 is 89.9 Å². The molecule has 2 aromatic heterocycles. The number of fused-ring (bicyclic) bond motifs is 15. The first-order valence-corrected chi connectivity index (χ1v) is 24.3. The highest BCUT2D eigenvalue weighted by atomic mass is 16.7. The molecule has 4 N–H and O–H groups in total. The Labute approximate surface area is 402 Å². The maximum atomic E-state index is 14.8. The average molecular weight is 961 g/mol. The molecule has 0 aromatic carbocycles. The molecule has 0 amide bonds. The van der Waals surface area contributed by atoms with Crippen molar-refractivity contribution in [2.24, 2.45) is 22.9 Å². The van der Waals surface area contributed by atoms with Crippen molar-refractivity contribution in [3.63, 3.8) is 0 Å². The lowest BCUT2D eigenvalue weighted by Gasteiger charge is -2.50. The number of aliphatic hydroxyl groups excluding tert-OH is 2. The summed E-state index contributed by atoms with van der Waals surface area (Å²) in [6.07, 6.45) is -2.30. The molecule has 0 radical (unpaired) electrons. The SMILES string of the molecule is CC[C@H]1OC(=O)[C@H](C)[C@@H](O[C@H]2C[C@@](C)(OC)[C@@H](O)[C@H](C)O2)[C@H](C)[C@@H](O[C@@H]2O[C@H](C)C[C@H](N(C)C)[C@H]2O)[C@@]2(C)C[C@@H](C)NC[C@H](C)[C@H](OC/C(=N\OCc3ccc(-n4cccn4)nc3)CO2)[C@]1(C)O. The Balaban J connectivity index is 1.46. The predicted molar refractivity (Wildman–Crippen MR) is 251 cm³/mol. The van der Waals surface area contributed by atoms with Crippen LogP contribution in [0.1, 0.15) is 100 Å². The van der Waals surface area contributed by atoms with Gasteiger partial charge in [-0.1, -0.05) is 32.0 Å². The summed E-state index contributed by atoms with van der Waals surface area (Å²) in [7, 11) is 5.36. The molecule has 68 heavy (non-hydrogen) atoms. The number of nitrogens with one attached hydrogen (secondary N) is 1. The first kappa shape index (κ1) is 54.2. The predicted octanol–water partition coefficient (Wildman–Crippen LogP) is 3.77. The topological polar surface area (TPSA) is 219 Å². The number of oxime groups is 1. The van der Waals surface area contributed by atoms with Gasteiger partial charge >= 0.3 is 5.97 Å². The number of ether oxygens (including phenoxy) is 8. The van der Waals surface area contributed by atoms with Crippen LogP contribution < -0.4 is 5.32 Å². The molecule has 0 saturated carbocycles. The van der Waals surface area contributed by atoms with Gasteiger partial charge in [-0.25, -0.2) is 9.67 Å². The molecular formula is C49H80N6O13. The van der Waals surface area contributed by atoms with Gasteiger partial charge in [0, 0.05) is 62.2 Å². The molecule has 0 aliphatic carbocycles. The summed E-state index contributed by atoms with van der Waals surface area (Å²) < 4.78 is 54.6. The van der Waals surface area contributed by atoms with E-state index in [9.17, 15) is 20.1 Å². The summed E-state index contributed by atoms with van der Waals surface area (Å²) in [6.45, 7) is 18.9. The first-order valence-electron chi connectivity index (χ1n) is 24.3. The molecule has 19 nitrogen and oxygen atoms in total. The van der Waals surface area contributed by atoms with Gasteiger partial charge < -0.3 is 68.3 Å². The molecule has 384 valence electrons. The molecule has 7 rings (SSSR count). The summed E-state index contributed by atoms with van der Waals surface area (Å²) in [5.74, 6) is -1.96. The van der Waals surface area contributed by atoms with E-state index >= 15 is 0 Å². The Morgan fingerprint density at radius 2 is 1.78 bits per heavy atom. The van der Waals surface area contributed by atoms with Gasteiger partial charge in [0.2, 0.25) is 0 Å². The van der Waals surface area contributed by atoms with Gasteiger partial charge in [0.15, 0.2) is 18.4 Å². The monoisotopic (exact) mass is 961 g/mol. The molecule has 5 aliphatic rings. The van der Waals surface area contributed by atoms with Crippen LogP contribution in [0.5, 0.6) is 0 Å². The fraction of sp³-hybridized carbons (Fsp3) is 0.796. The van der Waals surface area contributed by atoms with Crippen LogP contribution in [-0.2, 0) is 54.1 Å². The van der Waals surface area contributed by atoms with E-state index in [0.717, 1.165) is 5.56 Å². The molecule has 5 saturated heterocycles. The smallest absolute Gasteiger partial charge is 0.311 e. The fourth-order valence-corrected chi connectivity index (χ4v) is 10.6. The van der Waals surface area contributed by atoms with E-state index in [4.69, 9.17) is 42.7 Å². The molecule has 5 fully saturated rings. The Bertz CT molecular complexity index is 1930. The number of esters is 1. The van der Waals surface area contributed by atoms with E-state index in [1.54, 1.807) is 44.8 Å². The largest absolute Gasteiger partial charge is 0.459 e. The number of nitrogens with zero attached hydrogens (tertiary/aromatic N) is 5. The van der Waals surface area contributed by atoms with E-state index in [-0.39, 0.29) is 56.8 Å². The maximum absolute atomic E-state index is 14.8. The molecule has 0 spiro atoms. The van der Waals surface area contributed by atoms with Crippen LogP contribution in [0.4, 0.5) is 0 Å². The number of carbonyl (C=O) groups excluding carboxylic acids is 1. The molecule has 0 unspecified atom stereocenters. The van der Waals surface area contributed by atoms with Crippen molar-refractivity contribution in [3.05, 3.63) is 42.4 Å². The quantitative estimate of drug-likeness (QED) is 0.186. The third-order valence-corrected chi connectivity index (χ3v) is 14.6. The number of carbonyl (C=O) groups is 1. The average Bonchev–Trinajstić information content (AvgIpc) is 3.84. The third-order valence-electron chi connectivity index (χ3n) is 14.6. The number of aromatic nitrogens is 3. The van der Waals surface area contributed by atoms with Gasteiger partial charge in [0.05, 0.1) is 60.9 Å². The summed E-state index contributed by atoms with van der Waals surface area (Å²) in [5.41, 5.74) is -2.80. The van der Waals surface area contributed by atoms with Crippen molar-refractivity contribution in [3.8, 4) is 5.82 Å². The van der Waals surface area contributed by atoms with Gasteiger partial charge in [-0.2, -0.15) is 5.10 Å². The number of hydrogen-bond donors (Lipinski definition) is 4. The molecule has 5 aliphatic heterocycles. The second kappa shape index (κ2) is 22.9. The highest BCUT2D eigenvalue weighted by molar-refractivity contribution is 5.86. The normalized spacial score (nSPS) is 42.1. The standard InChI is InChI=1S/C49H80N6O13/c1-14-37-49(10,59)43-28(2)23-50-29(3)21-48(9,62-27-35(26-61-43)53-63-25-34-16-17-38(51-24-34)55-19-15-18-52-55)44(68-46-40(56)36(54(11)12)20-30(4)64-46)31(5)41(32(6)45(58)66-37)67-39-22-47(8,60-13)42(57)33(7)65-39/h15-19,24,28-33,36-37,39-44,46,50,56-57,59H,14,20-23,25-27H2,1-13H3/b53-35+/t28-,29+,30+,31-,32+,33-,36-,37+,39-,40+,41-,42-,43-,44+,46-,47+,48+,49+/m0/s1. The molecular weight excluding hydrogens is 881 g/mol. The first-order chi connectivity index (χ1) is 32.1. The van der Waals surface area contributed by atoms with Gasteiger partial charge in [0.1, 0.15) is 36.2 Å². The van der Waals surface area contributed by atoms with Crippen molar-refractivity contribution in [1.82, 2.24) is 25.0 Å². The number of aliphatic hydroxyl groups is 3. The minimum atomic E-state index is -1.69. The minimum absolute atomic E-state index is 0.0856. The van der Waals surface area contributed by atoms with Crippen molar-refractivity contribution in [2.45, 2.75) is 192 Å². The summed E-state index contributed by atoms with van der Waals surface area (Å²) >= 11 is 0. The van der Waals surface area contributed by atoms with Crippen LogP contribution in [-0.4, -0.2) is 178 Å². The fourth-order valence-electron chi connectivity index (χ4n) is 10.6. The van der Waals surface area contributed by atoms with Gasteiger partial charge in [-0.3, -0.25) is 4.79 Å². The van der Waals surface area contributed by atoms with Crippen molar-refractivity contribution >= 4 is 11.7 Å². The zero-order chi connectivity index (χ0) is 49.7. The lowest BCUT2D eigenvalue weighted by Crippen LogP contribution is -2.61. The third kappa shape index (κ3) is 12.5. The molecule has 2 aromatic rings. The highest BCUT2D eigenvalue weighted by Gasteiger charge is 2.54. The van der Waals surface area contributed by atoms with E-state index in [0.29, 0.717) is 30.9 Å². The minimum Gasteiger partial charge on any atom is -0.459 e. The second-order valence-electron chi connectivity index (χ2n) is 20.6. The lowest BCUT2D eigenvalue weighted by atomic mass is 9.78. The van der Waals surface area contributed by atoms with E-state index in [1.165, 1.54) is 7.11 Å². The van der Waals surface area contributed by atoms with Crippen LogP contribution in [0, 0.1) is 17.8 Å². The highest BCUT2D eigenvalue weighted by Crippen LogP contribution is 2.41. The number of likely N-dealkylation sites (N-methyl/N-ethyl adjacent to an activating group) is 1. The Hall–Kier alpha value is -3.18. The zero-order valence-corrected chi connectivity index (χ0v) is 42.4. The number of pyridine rings is 1. The van der Waals surface area contributed by atoms with Crippen LogP contribution in [0.3, 0.4) is 0 Å². The maximum Gasteiger partial charge on any atom is 0.311 e. The Kier molecular flexibility index (Phi) is 18.3. The lowest BCUT2D eigenvalue weighted by molar-refractivity contribution is -0.319. The van der Waals surface area contributed by atoms with Crippen LogP contribution >= 0.6 is 0 Å². The summed E-state index contributed by atoms with van der Waals surface area (Å²) in [5, 5.41) is 48.3. The van der Waals surface area contributed by atoms with Crippen molar-refractivity contribution in [1.29, 1.82) is 0 Å². The Morgan fingerprint density at radius 1 is 1.03 bits per heavy atom. The molecule has 2 bridgehead atoms. The van der Waals surface area contributed by atoms with Gasteiger partial charge in [0.25, 0.3) is 0 Å². The van der Waals surface area contributed by atoms with Crippen LogP contribution in [0.15, 0.2) is 41.9 Å². The molecule has 7 heterocycles. The van der Waals surface area contributed by atoms with Gasteiger partial charge in [-0.15, -0.1) is 0 Å². The number of hydrogen-bond acceptors (Lipinski definition) is 18. The van der Waals surface area contributed by atoms with Crippen LogP contribution in [0.25, 0.3) is 5.82 Å². The van der Waals surface area contributed by atoms with Crippen LogP contribution in [0.2, 0.25) is 0 Å². The number of rotatable bonds is 11. The van der Waals surface area contributed by atoms with E-state index in [2.05, 4.69) is 27.5 Å². The van der Waals surface area contributed by atoms with Gasteiger partial charge in [-0.05, 0) is 99.9 Å². The Morgan fingerprint density at radius 3 is 2.43 bits per heavy atom. The molecule has 19 heteroatoms. The summed E-state index contributed by atoms with van der Waals surface area (Å²) in [4.78, 5) is 27.3. The molecule has 18 atom stereocenters. The van der Waals surface area contributed by atoms with E-state index in [1.807, 2.05) is 78.0 Å². The summed E-state index contributed by atoms with van der Waals surface area (Å²) in [6, 6.07) is 5.05. The second-order valence-corrected chi connectivity index (χ2v) is 20.6. The zero-order valence-electron chi connectivity index (χ0n) is 42.4. The van der Waals surface area contributed by atoms with Crippen molar-refractivity contribution < 1.29 is 62.8 Å². The number of methoxy groups -OCH3 is 1.